The number of hydrogen-bond acceptors (Lipinski definition) is 7. The highest BCUT2D eigenvalue weighted by Gasteiger charge is 2.56. The van der Waals surface area contributed by atoms with Crippen LogP contribution in [0.15, 0.2) is 29.4 Å². The maximum absolute atomic E-state index is 12.8. The van der Waals surface area contributed by atoms with Crippen LogP contribution in [0, 0.1) is 5.92 Å². The number of fused-ring (bicyclic) bond motifs is 1. The summed E-state index contributed by atoms with van der Waals surface area (Å²) in [6, 6.07) is 5.88. The number of hydrogen-bond donors (Lipinski definition) is 1. The Morgan fingerprint density at radius 2 is 1.96 bits per heavy atom. The van der Waals surface area contributed by atoms with Crippen LogP contribution in [0.3, 0.4) is 0 Å². The van der Waals surface area contributed by atoms with Gasteiger partial charge in [0.2, 0.25) is 5.91 Å². The van der Waals surface area contributed by atoms with E-state index in [0.717, 1.165) is 4.90 Å². The molecule has 0 spiro atoms. The molecule has 0 unspecified atom stereocenters. The summed E-state index contributed by atoms with van der Waals surface area (Å²) in [5.74, 6) is -2.24. The van der Waals surface area contributed by atoms with E-state index in [1.807, 2.05) is 6.92 Å². The van der Waals surface area contributed by atoms with Gasteiger partial charge in [-0.1, -0.05) is 12.1 Å². The quantitative estimate of drug-likeness (QED) is 0.622. The van der Waals surface area contributed by atoms with Gasteiger partial charge in [-0.15, -0.1) is 0 Å². The molecule has 1 fully saturated rings. The van der Waals surface area contributed by atoms with E-state index in [4.69, 9.17) is 9.47 Å². The fourth-order valence-electron chi connectivity index (χ4n) is 2.82. The average molecular weight is 331 g/mol. The van der Waals surface area contributed by atoms with E-state index in [2.05, 4.69) is 10.5 Å². The fourth-order valence-corrected chi connectivity index (χ4v) is 2.82. The van der Waals surface area contributed by atoms with E-state index in [0.29, 0.717) is 18.0 Å². The van der Waals surface area contributed by atoms with Crippen molar-refractivity contribution in [1.82, 2.24) is 5.43 Å². The Hall–Kier alpha value is -2.90. The molecule has 2 amide bonds. The first-order valence-corrected chi connectivity index (χ1v) is 7.70. The second-order valence-electron chi connectivity index (χ2n) is 5.21. The van der Waals surface area contributed by atoms with Crippen molar-refractivity contribution in [3.63, 3.8) is 0 Å². The molecule has 1 aromatic rings. The summed E-state index contributed by atoms with van der Waals surface area (Å²) in [7, 11) is 0. The number of anilines is 1. The highest BCUT2D eigenvalue weighted by atomic mass is 16.5. The fraction of sp³-hybridized carbons (Fsp3) is 0.375. The third-order valence-corrected chi connectivity index (χ3v) is 3.82. The summed E-state index contributed by atoms with van der Waals surface area (Å²) in [5.41, 5.74) is 2.86. The van der Waals surface area contributed by atoms with Crippen LogP contribution in [0.4, 0.5) is 5.69 Å². The van der Waals surface area contributed by atoms with E-state index in [1.54, 1.807) is 31.2 Å². The maximum atomic E-state index is 12.8. The summed E-state index contributed by atoms with van der Waals surface area (Å²) < 4.78 is 10.4. The van der Waals surface area contributed by atoms with Crippen LogP contribution in [-0.2, 0) is 19.1 Å². The standard InChI is InChI=1S/C16H17N3O5/c1-3-23-10-8-6-5-7-9(10)19-14(20)11-12(15(19)21)17-18-13(11)16(22)24-4-2/h5-8,11-12,17H,3-4H2,1-2H3/t11-,12+/m0/s1. The van der Waals surface area contributed by atoms with Crippen molar-refractivity contribution in [2.75, 3.05) is 18.1 Å². The van der Waals surface area contributed by atoms with E-state index >= 15 is 0 Å². The lowest BCUT2D eigenvalue weighted by Gasteiger charge is -2.19. The summed E-state index contributed by atoms with van der Waals surface area (Å²) >= 11 is 0. The minimum Gasteiger partial charge on any atom is -0.492 e. The van der Waals surface area contributed by atoms with Crippen molar-refractivity contribution in [3.05, 3.63) is 24.3 Å². The SMILES string of the molecule is CCOC(=O)C1=NN[C@H]2C(=O)N(c3ccccc3OCC)C(=O)[C@H]12. The zero-order valence-electron chi connectivity index (χ0n) is 13.3. The molecule has 0 saturated carbocycles. The molecule has 0 radical (unpaired) electrons. The van der Waals surface area contributed by atoms with E-state index in [-0.39, 0.29) is 12.3 Å². The van der Waals surface area contributed by atoms with Gasteiger partial charge in [-0.25, -0.2) is 9.69 Å². The molecule has 2 heterocycles. The molecular weight excluding hydrogens is 314 g/mol. The van der Waals surface area contributed by atoms with Crippen molar-refractivity contribution in [2.45, 2.75) is 19.9 Å². The van der Waals surface area contributed by atoms with Crippen LogP contribution in [0.5, 0.6) is 5.75 Å². The number of hydrazone groups is 1. The molecule has 8 heteroatoms. The van der Waals surface area contributed by atoms with Crippen molar-refractivity contribution < 1.29 is 23.9 Å². The second-order valence-corrected chi connectivity index (χ2v) is 5.21. The molecule has 1 N–H and O–H groups in total. The van der Waals surface area contributed by atoms with Gasteiger partial charge in [-0.2, -0.15) is 5.10 Å². The predicted octanol–water partition coefficient (Wildman–Crippen LogP) is 0.466. The number of imide groups is 1. The third kappa shape index (κ3) is 2.40. The normalized spacial score (nSPS) is 22.1. The van der Waals surface area contributed by atoms with E-state index < -0.39 is 29.7 Å². The summed E-state index contributed by atoms with van der Waals surface area (Å²) in [6.45, 7) is 4.03. The largest absolute Gasteiger partial charge is 0.492 e. The topological polar surface area (TPSA) is 97.3 Å². The van der Waals surface area contributed by atoms with Crippen LogP contribution >= 0.6 is 0 Å². The van der Waals surface area contributed by atoms with Gasteiger partial charge in [-0.3, -0.25) is 15.0 Å². The number of ether oxygens (including phenoxy) is 2. The highest BCUT2D eigenvalue weighted by molar-refractivity contribution is 6.46. The predicted molar refractivity (Wildman–Crippen MR) is 84.6 cm³/mol. The van der Waals surface area contributed by atoms with Crippen molar-refractivity contribution in [3.8, 4) is 5.75 Å². The smallest absolute Gasteiger partial charge is 0.355 e. The lowest BCUT2D eigenvalue weighted by Crippen LogP contribution is -2.36. The lowest BCUT2D eigenvalue weighted by atomic mass is 9.99. The molecule has 2 atom stereocenters. The highest BCUT2D eigenvalue weighted by Crippen LogP contribution is 2.36. The first-order valence-electron chi connectivity index (χ1n) is 7.70. The van der Waals surface area contributed by atoms with Gasteiger partial charge in [0.05, 0.1) is 18.9 Å². The zero-order chi connectivity index (χ0) is 17.3. The van der Waals surface area contributed by atoms with Gasteiger partial charge in [0.15, 0.2) is 5.71 Å². The minimum absolute atomic E-state index is 0.0726. The molecule has 2 aliphatic heterocycles. The molecular formula is C16H17N3O5. The van der Waals surface area contributed by atoms with E-state index in [1.165, 1.54) is 0 Å². The number of benzene rings is 1. The number of para-hydroxylation sites is 2. The van der Waals surface area contributed by atoms with Crippen LogP contribution in [0.25, 0.3) is 0 Å². The monoisotopic (exact) mass is 331 g/mol. The summed E-state index contributed by atoms with van der Waals surface area (Å²) in [6.07, 6.45) is 0. The Kier molecular flexibility index (Phi) is 4.20. The Balaban J connectivity index is 1.94. The van der Waals surface area contributed by atoms with Crippen molar-refractivity contribution in [1.29, 1.82) is 0 Å². The van der Waals surface area contributed by atoms with Crippen LogP contribution in [0.1, 0.15) is 13.8 Å². The van der Waals surface area contributed by atoms with Crippen LogP contribution in [0.2, 0.25) is 0 Å². The zero-order valence-corrected chi connectivity index (χ0v) is 13.3. The van der Waals surface area contributed by atoms with Gasteiger partial charge >= 0.3 is 5.97 Å². The van der Waals surface area contributed by atoms with Crippen molar-refractivity contribution in [2.24, 2.45) is 11.0 Å². The van der Waals surface area contributed by atoms with Gasteiger partial charge in [-0.05, 0) is 26.0 Å². The second kappa shape index (κ2) is 6.31. The molecule has 3 rings (SSSR count). The van der Waals surface area contributed by atoms with Crippen molar-refractivity contribution >= 4 is 29.2 Å². The molecule has 2 aliphatic rings. The maximum Gasteiger partial charge on any atom is 0.355 e. The third-order valence-electron chi connectivity index (χ3n) is 3.82. The average Bonchev–Trinajstić information content (AvgIpc) is 3.10. The molecule has 8 nitrogen and oxygen atoms in total. The Labute approximate surface area is 138 Å². The number of esters is 1. The number of carbonyl (C=O) groups is 3. The number of nitrogens with one attached hydrogen (secondary N) is 1. The van der Waals surface area contributed by atoms with Crippen LogP contribution in [-0.4, -0.2) is 42.8 Å². The molecule has 0 bridgehead atoms. The molecule has 1 aromatic carbocycles. The Morgan fingerprint density at radius 3 is 2.67 bits per heavy atom. The number of nitrogens with zero attached hydrogens (tertiary/aromatic N) is 2. The molecule has 0 aromatic heterocycles. The first-order chi connectivity index (χ1) is 11.6. The van der Waals surface area contributed by atoms with Crippen LogP contribution < -0.4 is 15.1 Å². The number of rotatable bonds is 5. The van der Waals surface area contributed by atoms with Gasteiger partial charge < -0.3 is 9.47 Å². The minimum atomic E-state index is -0.980. The molecule has 126 valence electrons. The van der Waals surface area contributed by atoms with Gasteiger partial charge in [0.25, 0.3) is 5.91 Å². The van der Waals surface area contributed by atoms with Gasteiger partial charge in [0.1, 0.15) is 17.7 Å². The Bertz CT molecular complexity index is 730. The lowest BCUT2D eigenvalue weighted by molar-refractivity contribution is -0.136. The molecule has 24 heavy (non-hydrogen) atoms. The van der Waals surface area contributed by atoms with E-state index in [9.17, 15) is 14.4 Å². The summed E-state index contributed by atoms with van der Waals surface area (Å²) in [4.78, 5) is 38.4. The molecule has 1 saturated heterocycles. The Morgan fingerprint density at radius 1 is 1.21 bits per heavy atom. The number of amides is 2. The molecule has 0 aliphatic carbocycles. The summed E-state index contributed by atoms with van der Waals surface area (Å²) in [5, 5.41) is 3.82. The van der Waals surface area contributed by atoms with Gasteiger partial charge in [0, 0.05) is 0 Å². The first kappa shape index (κ1) is 16.0. The number of carbonyl (C=O) groups excluding carboxylic acids is 3.